The molecule has 2 rings (SSSR count). The van der Waals surface area contributed by atoms with Crippen LogP contribution in [0.1, 0.15) is 32.1 Å². The largest absolute Gasteiger partial charge is 0.491 e. The van der Waals surface area contributed by atoms with E-state index in [4.69, 9.17) is 21.4 Å². The van der Waals surface area contributed by atoms with Crippen molar-refractivity contribution in [2.24, 2.45) is 5.92 Å². The van der Waals surface area contributed by atoms with Gasteiger partial charge in [0.15, 0.2) is 0 Å². The molecule has 0 saturated carbocycles. The minimum absolute atomic E-state index is 0.0895. The van der Waals surface area contributed by atoms with Gasteiger partial charge in [0.05, 0.1) is 0 Å². The number of carbonyl (C=O) groups is 2. The number of halogens is 1. The summed E-state index contributed by atoms with van der Waals surface area (Å²) in [6, 6.07) is 6.96. The number of rotatable bonds is 11. The van der Waals surface area contributed by atoms with Gasteiger partial charge in [-0.2, -0.15) is 0 Å². The van der Waals surface area contributed by atoms with Crippen LogP contribution in [0.3, 0.4) is 0 Å². The van der Waals surface area contributed by atoms with Gasteiger partial charge in [0.2, 0.25) is 0 Å². The number of aliphatic hydroxyl groups is 1. The number of aliphatic carboxylic acids is 1. The fraction of sp³-hybridized carbons (Fsp3) is 0.364. The summed E-state index contributed by atoms with van der Waals surface area (Å²) in [4.78, 5) is 22.6. The molecule has 0 spiro atoms. The summed E-state index contributed by atoms with van der Waals surface area (Å²) < 4.78 is 5.51. The molecule has 2 N–H and O–H groups in total. The lowest BCUT2D eigenvalue weighted by Gasteiger charge is -2.11. The molecule has 5 nitrogen and oxygen atoms in total. The standard InChI is InChI=1S/C22H25ClO5/c23-17-6-5-7-19(14-17)28-15-18(24)12-10-16-11-13-21(25)20(16)8-3-1-2-4-9-22(26)27/h1,3,5-7,10-12,14,18,20,24H,2,4,8-9,13,15H2,(H,26,27)/b3-1-,12-10+/t18-,20-/m1/s1. The normalized spacial score (nSPS) is 18.0. The average Bonchev–Trinajstić information content (AvgIpc) is 3.01. The summed E-state index contributed by atoms with van der Waals surface area (Å²) >= 11 is 5.89. The van der Waals surface area contributed by atoms with Crippen LogP contribution in [-0.4, -0.2) is 34.7 Å². The molecular weight excluding hydrogens is 380 g/mol. The van der Waals surface area contributed by atoms with Gasteiger partial charge in [0.1, 0.15) is 24.2 Å². The van der Waals surface area contributed by atoms with E-state index in [1.54, 1.807) is 36.4 Å². The first-order valence-electron chi connectivity index (χ1n) is 9.30. The Morgan fingerprint density at radius 1 is 1.36 bits per heavy atom. The number of benzene rings is 1. The molecule has 0 aromatic heterocycles. The van der Waals surface area contributed by atoms with E-state index in [2.05, 4.69) is 0 Å². The third-order valence-electron chi connectivity index (χ3n) is 4.36. The van der Waals surface area contributed by atoms with E-state index in [0.29, 0.717) is 36.5 Å². The Kier molecular flexibility index (Phi) is 8.98. The highest BCUT2D eigenvalue weighted by Crippen LogP contribution is 2.27. The Bertz CT molecular complexity index is 766. The second-order valence-corrected chi connectivity index (χ2v) is 7.05. The minimum Gasteiger partial charge on any atom is -0.491 e. The van der Waals surface area contributed by atoms with Crippen LogP contribution >= 0.6 is 11.6 Å². The Balaban J connectivity index is 1.79. The van der Waals surface area contributed by atoms with Gasteiger partial charge in [-0.15, -0.1) is 0 Å². The highest BCUT2D eigenvalue weighted by molar-refractivity contribution is 6.30. The Morgan fingerprint density at radius 2 is 2.18 bits per heavy atom. The molecule has 0 bridgehead atoms. The van der Waals surface area contributed by atoms with E-state index in [9.17, 15) is 14.7 Å². The average molecular weight is 405 g/mol. The number of aliphatic hydroxyl groups excluding tert-OH is 1. The molecule has 150 valence electrons. The maximum absolute atomic E-state index is 12.1. The molecule has 1 aromatic carbocycles. The molecule has 0 saturated heterocycles. The van der Waals surface area contributed by atoms with Gasteiger partial charge < -0.3 is 14.9 Å². The number of carboxylic acids is 1. The monoisotopic (exact) mass is 404 g/mol. The topological polar surface area (TPSA) is 83.8 Å². The second kappa shape index (κ2) is 11.5. The highest BCUT2D eigenvalue weighted by atomic mass is 35.5. The van der Waals surface area contributed by atoms with Crippen molar-refractivity contribution >= 4 is 23.4 Å². The molecule has 0 heterocycles. The lowest BCUT2D eigenvalue weighted by atomic mass is 9.95. The molecule has 0 fully saturated rings. The lowest BCUT2D eigenvalue weighted by Crippen LogP contribution is -2.15. The zero-order valence-corrected chi connectivity index (χ0v) is 16.3. The van der Waals surface area contributed by atoms with Crippen LogP contribution in [0.15, 0.2) is 60.2 Å². The third kappa shape index (κ3) is 7.71. The van der Waals surface area contributed by atoms with Crippen LogP contribution in [-0.2, 0) is 9.59 Å². The van der Waals surface area contributed by atoms with E-state index in [0.717, 1.165) is 5.57 Å². The summed E-state index contributed by atoms with van der Waals surface area (Å²) in [5, 5.41) is 19.3. The number of hydrogen-bond acceptors (Lipinski definition) is 4. The van der Waals surface area contributed by atoms with Gasteiger partial charge in [0.25, 0.3) is 0 Å². The van der Waals surface area contributed by atoms with Crippen LogP contribution in [0.2, 0.25) is 5.02 Å². The SMILES string of the molecule is O=C(O)CCC/C=C\C[C@H]1C(=O)CC=C1/C=C/[C@@H](O)COc1cccc(Cl)c1. The zero-order valence-electron chi connectivity index (χ0n) is 15.6. The van der Waals surface area contributed by atoms with E-state index in [-0.39, 0.29) is 24.7 Å². The Hall–Kier alpha value is -2.37. The van der Waals surface area contributed by atoms with Gasteiger partial charge in [-0.25, -0.2) is 0 Å². The molecule has 2 atom stereocenters. The van der Waals surface area contributed by atoms with Crippen molar-refractivity contribution in [3.8, 4) is 5.75 Å². The number of carbonyl (C=O) groups excluding carboxylic acids is 1. The number of hydrogen-bond donors (Lipinski definition) is 2. The Labute approximate surface area is 170 Å². The van der Waals surface area contributed by atoms with E-state index < -0.39 is 12.1 Å². The lowest BCUT2D eigenvalue weighted by molar-refractivity contribution is -0.137. The van der Waals surface area contributed by atoms with Gasteiger partial charge in [0, 0.05) is 23.8 Å². The van der Waals surface area contributed by atoms with Gasteiger partial charge in [-0.3, -0.25) is 9.59 Å². The number of ketones is 1. The molecular formula is C22H25ClO5. The predicted molar refractivity (Wildman–Crippen MR) is 109 cm³/mol. The van der Waals surface area contributed by atoms with E-state index in [1.807, 2.05) is 18.2 Å². The predicted octanol–water partition coefficient (Wildman–Crippen LogP) is 4.35. The maximum atomic E-state index is 12.1. The van der Waals surface area contributed by atoms with Crippen molar-refractivity contribution in [2.45, 2.75) is 38.2 Å². The van der Waals surface area contributed by atoms with E-state index >= 15 is 0 Å². The first-order valence-corrected chi connectivity index (χ1v) is 9.67. The molecule has 0 radical (unpaired) electrons. The molecule has 1 aliphatic rings. The number of ether oxygens (including phenoxy) is 1. The number of unbranched alkanes of at least 4 members (excludes halogenated alkanes) is 1. The summed E-state index contributed by atoms with van der Waals surface area (Å²) in [5.74, 6) is -0.277. The first kappa shape index (κ1) is 21.9. The smallest absolute Gasteiger partial charge is 0.303 e. The van der Waals surface area contributed by atoms with Crippen LogP contribution < -0.4 is 4.74 Å². The first-order chi connectivity index (χ1) is 13.5. The van der Waals surface area contributed by atoms with Gasteiger partial charge >= 0.3 is 5.97 Å². The summed E-state index contributed by atoms with van der Waals surface area (Å²) in [7, 11) is 0. The van der Waals surface area contributed by atoms with Crippen LogP contribution in [0.5, 0.6) is 5.75 Å². The molecule has 0 unspecified atom stereocenters. The summed E-state index contributed by atoms with van der Waals surface area (Å²) in [6.45, 7) is 0.0895. The molecule has 1 aliphatic carbocycles. The highest BCUT2D eigenvalue weighted by Gasteiger charge is 2.24. The second-order valence-electron chi connectivity index (χ2n) is 6.62. The Morgan fingerprint density at radius 3 is 2.93 bits per heavy atom. The minimum atomic E-state index is -0.803. The molecule has 6 heteroatoms. The number of Topliss-reactive ketones (excluding diaryl/α,β-unsaturated/α-hetero) is 1. The van der Waals surface area contributed by atoms with Crippen molar-refractivity contribution in [3.63, 3.8) is 0 Å². The van der Waals surface area contributed by atoms with Crippen molar-refractivity contribution in [1.29, 1.82) is 0 Å². The van der Waals surface area contributed by atoms with Gasteiger partial charge in [-0.1, -0.05) is 48.0 Å². The zero-order chi connectivity index (χ0) is 20.4. The van der Waals surface area contributed by atoms with Crippen LogP contribution in [0.4, 0.5) is 0 Å². The van der Waals surface area contributed by atoms with Crippen molar-refractivity contribution in [1.82, 2.24) is 0 Å². The van der Waals surface area contributed by atoms with Crippen molar-refractivity contribution in [3.05, 3.63) is 65.2 Å². The maximum Gasteiger partial charge on any atom is 0.303 e. The number of carboxylic acid groups (broad SMARTS) is 1. The van der Waals surface area contributed by atoms with Crippen molar-refractivity contribution < 1.29 is 24.5 Å². The molecule has 0 amide bonds. The molecule has 1 aromatic rings. The van der Waals surface area contributed by atoms with E-state index in [1.165, 1.54) is 0 Å². The van der Waals surface area contributed by atoms with Crippen LogP contribution in [0, 0.1) is 5.92 Å². The molecule has 0 aliphatic heterocycles. The quantitative estimate of drug-likeness (QED) is 0.423. The summed E-state index contributed by atoms with van der Waals surface area (Å²) in [5.41, 5.74) is 0.891. The van der Waals surface area contributed by atoms with Crippen molar-refractivity contribution in [2.75, 3.05) is 6.61 Å². The molecule has 28 heavy (non-hydrogen) atoms. The fourth-order valence-electron chi connectivity index (χ4n) is 2.88. The summed E-state index contributed by atoms with van der Waals surface area (Å²) in [6.07, 6.45) is 10.7. The fourth-order valence-corrected chi connectivity index (χ4v) is 3.06. The third-order valence-corrected chi connectivity index (χ3v) is 4.59. The van der Waals surface area contributed by atoms with Gasteiger partial charge in [-0.05, 0) is 43.0 Å². The number of allylic oxidation sites excluding steroid dienone is 5. The van der Waals surface area contributed by atoms with Crippen LogP contribution in [0.25, 0.3) is 0 Å².